The summed E-state index contributed by atoms with van der Waals surface area (Å²) < 4.78 is 7.00. The van der Waals surface area contributed by atoms with Gasteiger partial charge in [0.15, 0.2) is 5.75 Å². The molecule has 0 radical (unpaired) electrons. The van der Waals surface area contributed by atoms with Crippen LogP contribution in [0.1, 0.15) is 31.0 Å². The van der Waals surface area contributed by atoms with Gasteiger partial charge in [0, 0.05) is 36.1 Å². The van der Waals surface area contributed by atoms with Crippen molar-refractivity contribution in [3.8, 4) is 11.4 Å². The Bertz CT molecular complexity index is 936. The molecule has 3 aromatic rings. The highest BCUT2D eigenvalue weighted by Crippen LogP contribution is 2.30. The predicted molar refractivity (Wildman–Crippen MR) is 105 cm³/mol. The van der Waals surface area contributed by atoms with Crippen molar-refractivity contribution in [2.45, 2.75) is 26.3 Å². The number of methoxy groups -OCH3 is 1. The van der Waals surface area contributed by atoms with E-state index in [9.17, 15) is 10.1 Å². The Kier molecular flexibility index (Phi) is 5.40. The zero-order chi connectivity index (χ0) is 19.4. The molecular formula is C20H22N4O3. The topological polar surface area (TPSA) is 82.2 Å². The first-order valence-corrected chi connectivity index (χ1v) is 8.69. The number of rotatable bonds is 7. The molecule has 0 unspecified atom stereocenters. The Labute approximate surface area is 157 Å². The highest BCUT2D eigenvalue weighted by molar-refractivity contribution is 5.58. The van der Waals surface area contributed by atoms with Crippen LogP contribution in [0.5, 0.6) is 5.75 Å². The van der Waals surface area contributed by atoms with Crippen molar-refractivity contribution in [1.82, 2.24) is 9.78 Å². The molecule has 2 aromatic carbocycles. The maximum atomic E-state index is 11.0. The fourth-order valence-electron chi connectivity index (χ4n) is 2.89. The van der Waals surface area contributed by atoms with Crippen molar-refractivity contribution in [2.24, 2.45) is 0 Å². The molecule has 0 bridgehead atoms. The molecule has 0 saturated heterocycles. The monoisotopic (exact) mass is 366 g/mol. The van der Waals surface area contributed by atoms with Crippen LogP contribution >= 0.6 is 0 Å². The van der Waals surface area contributed by atoms with Crippen molar-refractivity contribution in [1.29, 1.82) is 0 Å². The molecular weight excluding hydrogens is 344 g/mol. The molecule has 0 aliphatic heterocycles. The average Bonchev–Trinajstić information content (AvgIpc) is 3.11. The normalized spacial score (nSPS) is 10.8. The molecule has 0 amide bonds. The summed E-state index contributed by atoms with van der Waals surface area (Å²) in [5, 5.41) is 19.1. The van der Waals surface area contributed by atoms with Crippen LogP contribution in [0.3, 0.4) is 0 Å². The molecule has 3 rings (SSSR count). The molecule has 140 valence electrons. The maximum Gasteiger partial charge on any atom is 0.311 e. The lowest BCUT2D eigenvalue weighted by atomic mass is 10.1. The zero-order valence-electron chi connectivity index (χ0n) is 15.5. The van der Waals surface area contributed by atoms with Crippen molar-refractivity contribution < 1.29 is 9.66 Å². The number of nitrogens with zero attached hydrogens (tertiary/aromatic N) is 3. The molecule has 1 N–H and O–H groups in total. The van der Waals surface area contributed by atoms with Gasteiger partial charge in [-0.2, -0.15) is 5.10 Å². The number of aromatic nitrogens is 2. The number of hydrogen-bond acceptors (Lipinski definition) is 5. The Balaban J connectivity index is 1.83. The van der Waals surface area contributed by atoms with Crippen molar-refractivity contribution in [2.75, 3.05) is 12.4 Å². The van der Waals surface area contributed by atoms with Gasteiger partial charge in [-0.15, -0.1) is 0 Å². The average molecular weight is 366 g/mol. The minimum absolute atomic E-state index is 0.0529. The van der Waals surface area contributed by atoms with Crippen LogP contribution in [0, 0.1) is 10.1 Å². The molecule has 1 heterocycles. The molecule has 7 heteroatoms. The number of nitro groups is 1. The van der Waals surface area contributed by atoms with E-state index in [4.69, 9.17) is 9.84 Å². The Morgan fingerprint density at radius 2 is 1.96 bits per heavy atom. The number of anilines is 1. The fourth-order valence-corrected chi connectivity index (χ4v) is 2.89. The second-order valence-corrected chi connectivity index (χ2v) is 6.47. The van der Waals surface area contributed by atoms with E-state index >= 15 is 0 Å². The number of nitro benzene ring substituents is 1. The summed E-state index contributed by atoms with van der Waals surface area (Å²) in [7, 11) is 1.42. The third-order valence-electron chi connectivity index (χ3n) is 4.25. The van der Waals surface area contributed by atoms with E-state index in [0.717, 1.165) is 22.6 Å². The third kappa shape index (κ3) is 4.08. The first kappa shape index (κ1) is 18.4. The highest BCUT2D eigenvalue weighted by Gasteiger charge is 2.16. The summed E-state index contributed by atoms with van der Waals surface area (Å²) in [6, 6.07) is 14.7. The number of para-hydroxylation sites is 1. The number of hydrogen-bond donors (Lipinski definition) is 1. The van der Waals surface area contributed by atoms with Gasteiger partial charge in [-0.3, -0.25) is 10.1 Å². The minimum Gasteiger partial charge on any atom is -0.490 e. The summed E-state index contributed by atoms with van der Waals surface area (Å²) in [6.07, 6.45) is 2.01. The van der Waals surface area contributed by atoms with Crippen LogP contribution in [0.15, 0.2) is 54.7 Å². The predicted octanol–water partition coefficient (Wildman–Crippen LogP) is 4.52. The minimum atomic E-state index is -0.455. The molecule has 0 fully saturated rings. The molecule has 0 atom stereocenters. The summed E-state index contributed by atoms with van der Waals surface area (Å²) in [6.45, 7) is 4.77. The second kappa shape index (κ2) is 7.90. The van der Waals surface area contributed by atoms with Gasteiger partial charge in [0.25, 0.3) is 0 Å². The third-order valence-corrected chi connectivity index (χ3v) is 4.25. The van der Waals surface area contributed by atoms with Crippen molar-refractivity contribution in [3.05, 3.63) is 76.1 Å². The first-order valence-electron chi connectivity index (χ1n) is 8.69. The summed E-state index contributed by atoms with van der Waals surface area (Å²) in [5.41, 5.74) is 3.79. The van der Waals surface area contributed by atoms with E-state index in [0.29, 0.717) is 6.54 Å². The standard InChI is InChI=1S/C20H22N4O3/c1-14(2)20-15(13-23(22-20)17-7-5-4-6-8-17)12-21-16-9-10-18(24(25)26)19(11-16)27-3/h4-11,13-14,21H,12H2,1-3H3. The van der Waals surface area contributed by atoms with E-state index in [1.54, 1.807) is 12.1 Å². The van der Waals surface area contributed by atoms with Gasteiger partial charge < -0.3 is 10.1 Å². The van der Waals surface area contributed by atoms with Gasteiger partial charge >= 0.3 is 5.69 Å². The molecule has 1 aromatic heterocycles. The van der Waals surface area contributed by atoms with Gasteiger partial charge in [-0.25, -0.2) is 4.68 Å². The Hall–Kier alpha value is -3.35. The SMILES string of the molecule is COc1cc(NCc2cn(-c3ccccc3)nc2C(C)C)ccc1[N+](=O)[O-]. The fraction of sp³-hybridized carbons (Fsp3) is 0.250. The summed E-state index contributed by atoms with van der Waals surface area (Å²) in [5.74, 6) is 0.507. The van der Waals surface area contributed by atoms with Crippen LogP contribution < -0.4 is 10.1 Å². The van der Waals surface area contributed by atoms with E-state index in [-0.39, 0.29) is 17.4 Å². The first-order chi connectivity index (χ1) is 13.0. The quantitative estimate of drug-likeness (QED) is 0.491. The van der Waals surface area contributed by atoms with Gasteiger partial charge in [-0.1, -0.05) is 32.0 Å². The maximum absolute atomic E-state index is 11.0. The van der Waals surface area contributed by atoms with Gasteiger partial charge in [-0.05, 0) is 24.1 Å². The molecule has 0 aliphatic carbocycles. The number of ether oxygens (including phenoxy) is 1. The lowest BCUT2D eigenvalue weighted by Gasteiger charge is -2.09. The molecule has 0 aliphatic rings. The number of benzene rings is 2. The van der Waals surface area contributed by atoms with Crippen molar-refractivity contribution >= 4 is 11.4 Å². The largest absolute Gasteiger partial charge is 0.490 e. The van der Waals surface area contributed by atoms with E-state index < -0.39 is 4.92 Å². The van der Waals surface area contributed by atoms with Gasteiger partial charge in [0.2, 0.25) is 0 Å². The van der Waals surface area contributed by atoms with Crippen LogP contribution in [0.4, 0.5) is 11.4 Å². The van der Waals surface area contributed by atoms with E-state index in [1.807, 2.05) is 41.2 Å². The highest BCUT2D eigenvalue weighted by atomic mass is 16.6. The van der Waals surface area contributed by atoms with Crippen LogP contribution in [-0.2, 0) is 6.54 Å². The smallest absolute Gasteiger partial charge is 0.311 e. The van der Waals surface area contributed by atoms with Gasteiger partial charge in [0.05, 0.1) is 23.4 Å². The zero-order valence-corrected chi connectivity index (χ0v) is 15.5. The van der Waals surface area contributed by atoms with Crippen molar-refractivity contribution in [3.63, 3.8) is 0 Å². The van der Waals surface area contributed by atoms with E-state index in [2.05, 4.69) is 19.2 Å². The van der Waals surface area contributed by atoms with Gasteiger partial charge in [0.1, 0.15) is 0 Å². The molecule has 27 heavy (non-hydrogen) atoms. The number of nitrogens with one attached hydrogen (secondary N) is 1. The molecule has 0 saturated carbocycles. The second-order valence-electron chi connectivity index (χ2n) is 6.47. The molecule has 0 spiro atoms. The Morgan fingerprint density at radius 3 is 2.59 bits per heavy atom. The van der Waals surface area contributed by atoms with E-state index in [1.165, 1.54) is 13.2 Å². The molecule has 7 nitrogen and oxygen atoms in total. The summed E-state index contributed by atoms with van der Waals surface area (Å²) >= 11 is 0. The van der Waals surface area contributed by atoms with Crippen LogP contribution in [0.25, 0.3) is 5.69 Å². The lowest BCUT2D eigenvalue weighted by Crippen LogP contribution is -2.03. The van der Waals surface area contributed by atoms with Crippen LogP contribution in [-0.4, -0.2) is 21.8 Å². The lowest BCUT2D eigenvalue weighted by molar-refractivity contribution is -0.385. The van der Waals surface area contributed by atoms with Crippen LogP contribution in [0.2, 0.25) is 0 Å². The summed E-state index contributed by atoms with van der Waals surface area (Å²) in [4.78, 5) is 10.6. The Morgan fingerprint density at radius 1 is 1.22 bits per heavy atom.